The number of thiophene rings is 1. The van der Waals surface area contributed by atoms with Crippen molar-refractivity contribution in [3.05, 3.63) is 52.3 Å². The number of imidazole rings is 1. The minimum absolute atomic E-state index is 0.175. The number of hydrogen-bond donors (Lipinski definition) is 1. The van der Waals surface area contributed by atoms with Gasteiger partial charge in [0.05, 0.1) is 23.2 Å². The van der Waals surface area contributed by atoms with Crippen molar-refractivity contribution in [2.45, 2.75) is 19.0 Å². The lowest BCUT2D eigenvalue weighted by Gasteiger charge is -2.06. The SMILES string of the molecule is Cc1sc(NC(=O)CSc2ncc(-c3ccc(F)cc3)n2C)c(C#N)c1C. The van der Waals surface area contributed by atoms with E-state index in [-0.39, 0.29) is 17.5 Å². The molecule has 0 radical (unpaired) electrons. The van der Waals surface area contributed by atoms with Gasteiger partial charge in [0.1, 0.15) is 16.9 Å². The summed E-state index contributed by atoms with van der Waals surface area (Å²) in [6.45, 7) is 3.80. The fourth-order valence-electron chi connectivity index (χ4n) is 2.56. The Morgan fingerprint density at radius 2 is 2.07 bits per heavy atom. The second-order valence-electron chi connectivity index (χ2n) is 5.93. The van der Waals surface area contributed by atoms with Crippen LogP contribution in [0.1, 0.15) is 16.0 Å². The third-order valence-electron chi connectivity index (χ3n) is 4.17. The van der Waals surface area contributed by atoms with Gasteiger partial charge in [-0.1, -0.05) is 11.8 Å². The predicted molar refractivity (Wildman–Crippen MR) is 106 cm³/mol. The summed E-state index contributed by atoms with van der Waals surface area (Å²) in [6, 6.07) is 8.34. The van der Waals surface area contributed by atoms with Gasteiger partial charge in [0.2, 0.25) is 5.91 Å². The first-order valence-electron chi connectivity index (χ1n) is 8.11. The molecule has 27 heavy (non-hydrogen) atoms. The summed E-state index contributed by atoms with van der Waals surface area (Å²) < 4.78 is 15.0. The van der Waals surface area contributed by atoms with Crippen LogP contribution in [0.25, 0.3) is 11.3 Å². The summed E-state index contributed by atoms with van der Waals surface area (Å²) in [5.41, 5.74) is 3.12. The highest BCUT2D eigenvalue weighted by atomic mass is 32.2. The smallest absolute Gasteiger partial charge is 0.235 e. The first kappa shape index (κ1) is 19.1. The van der Waals surface area contributed by atoms with Crippen LogP contribution in [0, 0.1) is 31.0 Å². The van der Waals surface area contributed by atoms with Crippen LogP contribution in [0.15, 0.2) is 35.6 Å². The molecule has 2 heterocycles. The van der Waals surface area contributed by atoms with E-state index in [1.54, 1.807) is 18.3 Å². The molecule has 2 aromatic heterocycles. The molecule has 138 valence electrons. The van der Waals surface area contributed by atoms with Gasteiger partial charge < -0.3 is 9.88 Å². The number of amides is 1. The second-order valence-corrected chi connectivity index (χ2v) is 8.10. The Labute approximate surface area is 164 Å². The maximum atomic E-state index is 13.1. The third kappa shape index (κ3) is 4.04. The van der Waals surface area contributed by atoms with Crippen LogP contribution >= 0.6 is 23.1 Å². The molecule has 3 rings (SSSR count). The largest absolute Gasteiger partial charge is 0.322 e. The maximum Gasteiger partial charge on any atom is 0.235 e. The van der Waals surface area contributed by atoms with E-state index in [9.17, 15) is 14.4 Å². The van der Waals surface area contributed by atoms with E-state index < -0.39 is 0 Å². The minimum Gasteiger partial charge on any atom is -0.322 e. The van der Waals surface area contributed by atoms with Crippen molar-refractivity contribution in [3.8, 4) is 17.3 Å². The average molecular weight is 401 g/mol. The number of aromatic nitrogens is 2. The highest BCUT2D eigenvalue weighted by molar-refractivity contribution is 7.99. The van der Waals surface area contributed by atoms with Crippen LogP contribution in [-0.4, -0.2) is 21.2 Å². The average Bonchev–Trinajstić information content (AvgIpc) is 3.13. The number of hydrogen-bond acceptors (Lipinski definition) is 5. The van der Waals surface area contributed by atoms with Gasteiger partial charge in [0.25, 0.3) is 0 Å². The summed E-state index contributed by atoms with van der Waals surface area (Å²) >= 11 is 2.71. The number of halogens is 1. The highest BCUT2D eigenvalue weighted by Crippen LogP contribution is 2.32. The molecule has 0 aliphatic rings. The van der Waals surface area contributed by atoms with E-state index in [1.165, 1.54) is 35.2 Å². The zero-order valence-electron chi connectivity index (χ0n) is 15.0. The predicted octanol–water partition coefficient (Wildman–Crippen LogP) is 4.51. The van der Waals surface area contributed by atoms with Crippen molar-refractivity contribution >= 4 is 34.0 Å². The lowest BCUT2D eigenvalue weighted by Crippen LogP contribution is -2.14. The van der Waals surface area contributed by atoms with Gasteiger partial charge in [0, 0.05) is 11.9 Å². The molecule has 0 atom stereocenters. The number of carbonyl (C=O) groups excluding carboxylic acids is 1. The van der Waals surface area contributed by atoms with Crippen LogP contribution in [0.2, 0.25) is 0 Å². The third-order valence-corrected chi connectivity index (χ3v) is 6.33. The van der Waals surface area contributed by atoms with Gasteiger partial charge in [-0.2, -0.15) is 5.26 Å². The zero-order chi connectivity index (χ0) is 19.6. The lowest BCUT2D eigenvalue weighted by atomic mass is 10.2. The Morgan fingerprint density at radius 1 is 1.37 bits per heavy atom. The number of benzene rings is 1. The van der Waals surface area contributed by atoms with Gasteiger partial charge in [0.15, 0.2) is 5.16 Å². The number of nitriles is 1. The minimum atomic E-state index is -0.289. The number of carbonyl (C=O) groups is 1. The fourth-order valence-corrected chi connectivity index (χ4v) is 4.34. The Hall–Kier alpha value is -2.63. The summed E-state index contributed by atoms with van der Waals surface area (Å²) in [6.07, 6.45) is 1.70. The normalized spacial score (nSPS) is 10.6. The molecule has 0 unspecified atom stereocenters. The van der Waals surface area contributed by atoms with E-state index in [2.05, 4.69) is 16.4 Å². The van der Waals surface area contributed by atoms with E-state index in [0.717, 1.165) is 21.7 Å². The van der Waals surface area contributed by atoms with Crippen molar-refractivity contribution in [1.82, 2.24) is 9.55 Å². The monoisotopic (exact) mass is 400 g/mol. The number of rotatable bonds is 5. The fraction of sp³-hybridized carbons (Fsp3) is 0.211. The summed E-state index contributed by atoms with van der Waals surface area (Å²) in [7, 11) is 1.85. The Balaban J connectivity index is 1.67. The second kappa shape index (κ2) is 7.94. The van der Waals surface area contributed by atoms with E-state index >= 15 is 0 Å². The quantitative estimate of drug-likeness (QED) is 0.640. The molecule has 5 nitrogen and oxygen atoms in total. The Kier molecular flexibility index (Phi) is 5.63. The van der Waals surface area contributed by atoms with Gasteiger partial charge in [-0.05, 0) is 49.2 Å². The van der Waals surface area contributed by atoms with Crippen molar-refractivity contribution in [3.63, 3.8) is 0 Å². The number of nitrogens with zero attached hydrogens (tertiary/aromatic N) is 3. The topological polar surface area (TPSA) is 70.7 Å². The van der Waals surface area contributed by atoms with Crippen LogP contribution in [-0.2, 0) is 11.8 Å². The molecule has 1 aromatic carbocycles. The first-order chi connectivity index (χ1) is 12.9. The van der Waals surface area contributed by atoms with Gasteiger partial charge in [-0.3, -0.25) is 4.79 Å². The van der Waals surface area contributed by atoms with Gasteiger partial charge >= 0.3 is 0 Å². The summed E-state index contributed by atoms with van der Waals surface area (Å²) in [5.74, 6) is -0.304. The molecule has 0 aliphatic carbocycles. The number of thioether (sulfide) groups is 1. The van der Waals surface area contributed by atoms with Crippen molar-refractivity contribution < 1.29 is 9.18 Å². The number of anilines is 1. The molecule has 0 aliphatic heterocycles. The van der Waals surface area contributed by atoms with Crippen molar-refractivity contribution in [1.29, 1.82) is 5.26 Å². The molecule has 0 fully saturated rings. The molecule has 0 spiro atoms. The summed E-state index contributed by atoms with van der Waals surface area (Å²) in [5, 5.41) is 13.3. The van der Waals surface area contributed by atoms with Gasteiger partial charge in [-0.25, -0.2) is 9.37 Å². The highest BCUT2D eigenvalue weighted by Gasteiger charge is 2.16. The molecule has 0 saturated carbocycles. The zero-order valence-corrected chi connectivity index (χ0v) is 16.7. The van der Waals surface area contributed by atoms with Crippen LogP contribution in [0.3, 0.4) is 0 Å². The van der Waals surface area contributed by atoms with Crippen molar-refractivity contribution in [2.75, 3.05) is 11.1 Å². The van der Waals surface area contributed by atoms with Crippen LogP contribution in [0.4, 0.5) is 9.39 Å². The van der Waals surface area contributed by atoms with E-state index in [1.807, 2.05) is 25.5 Å². The molecule has 0 bridgehead atoms. The first-order valence-corrected chi connectivity index (χ1v) is 9.91. The molecule has 1 amide bonds. The van der Waals surface area contributed by atoms with Crippen LogP contribution < -0.4 is 5.32 Å². The van der Waals surface area contributed by atoms with Crippen LogP contribution in [0.5, 0.6) is 0 Å². The molecule has 8 heteroatoms. The molecule has 1 N–H and O–H groups in total. The van der Waals surface area contributed by atoms with Crippen molar-refractivity contribution in [2.24, 2.45) is 7.05 Å². The number of aryl methyl sites for hydroxylation is 1. The standard InChI is InChI=1S/C19H17FN4OS2/c1-11-12(2)27-18(15(11)8-21)23-17(25)10-26-19-22-9-16(24(19)3)13-4-6-14(20)7-5-13/h4-7,9H,10H2,1-3H3,(H,23,25). The Morgan fingerprint density at radius 3 is 2.74 bits per heavy atom. The molecular weight excluding hydrogens is 383 g/mol. The lowest BCUT2D eigenvalue weighted by molar-refractivity contribution is -0.113. The maximum absolute atomic E-state index is 13.1. The van der Waals surface area contributed by atoms with E-state index in [4.69, 9.17) is 0 Å². The number of nitrogens with one attached hydrogen (secondary N) is 1. The molecule has 0 saturated heterocycles. The molecular formula is C19H17FN4OS2. The van der Waals surface area contributed by atoms with Gasteiger partial charge in [-0.15, -0.1) is 11.3 Å². The summed E-state index contributed by atoms with van der Waals surface area (Å²) in [4.78, 5) is 17.7. The Bertz CT molecular complexity index is 1030. The van der Waals surface area contributed by atoms with E-state index in [0.29, 0.717) is 15.7 Å². The molecule has 3 aromatic rings.